The van der Waals surface area contributed by atoms with E-state index in [1.54, 1.807) is 12.1 Å². The number of halogens is 2. The van der Waals surface area contributed by atoms with Crippen molar-refractivity contribution in [2.24, 2.45) is 5.73 Å². The molecule has 18 heavy (non-hydrogen) atoms. The lowest BCUT2D eigenvalue weighted by molar-refractivity contribution is 0.0183. The summed E-state index contributed by atoms with van der Waals surface area (Å²) in [5.74, 6) is -2.93. The molecule has 0 bridgehead atoms. The van der Waals surface area contributed by atoms with Crippen LogP contribution in [0.2, 0.25) is 0 Å². The van der Waals surface area contributed by atoms with Crippen molar-refractivity contribution in [3.8, 4) is 0 Å². The summed E-state index contributed by atoms with van der Waals surface area (Å²) >= 11 is 0. The fourth-order valence-electron chi connectivity index (χ4n) is 1.86. The Bertz CT molecular complexity index is 528. The van der Waals surface area contributed by atoms with Crippen molar-refractivity contribution in [3.63, 3.8) is 0 Å². The molecule has 100 valence electrons. The molecule has 1 aliphatic heterocycles. The predicted octanol–water partition coefficient (Wildman–Crippen LogP) is 1.18. The van der Waals surface area contributed by atoms with E-state index in [0.717, 1.165) is 9.87 Å². The molecule has 1 saturated heterocycles. The molecule has 1 aromatic carbocycles. The molecule has 1 heterocycles. The Morgan fingerprint density at radius 2 is 1.89 bits per heavy atom. The van der Waals surface area contributed by atoms with Gasteiger partial charge in [0.05, 0.1) is 11.4 Å². The molecular weight excluding hydrogens is 262 g/mol. The summed E-state index contributed by atoms with van der Waals surface area (Å²) in [5, 5.41) is 0. The minimum atomic E-state index is -3.82. The smallest absolute Gasteiger partial charge is 0.262 e. The van der Waals surface area contributed by atoms with Gasteiger partial charge in [0.25, 0.3) is 5.92 Å². The Morgan fingerprint density at radius 1 is 1.28 bits per heavy atom. The molecule has 4 nitrogen and oxygen atoms in total. The van der Waals surface area contributed by atoms with Crippen LogP contribution in [0.25, 0.3) is 0 Å². The summed E-state index contributed by atoms with van der Waals surface area (Å²) in [6.07, 6.45) is -0.423. The van der Waals surface area contributed by atoms with E-state index in [4.69, 9.17) is 5.73 Å². The van der Waals surface area contributed by atoms with Gasteiger partial charge >= 0.3 is 0 Å². The van der Waals surface area contributed by atoms with Crippen molar-refractivity contribution < 1.29 is 17.2 Å². The number of benzene rings is 1. The largest absolute Gasteiger partial charge is 0.326 e. The second kappa shape index (κ2) is 4.56. The summed E-state index contributed by atoms with van der Waals surface area (Å²) in [5.41, 5.74) is 6.20. The first-order valence-corrected chi connectivity index (χ1v) is 6.96. The second-order valence-corrected chi connectivity index (χ2v) is 6.23. The lowest BCUT2D eigenvalue weighted by Crippen LogP contribution is -2.31. The second-order valence-electron chi connectivity index (χ2n) is 4.29. The van der Waals surface area contributed by atoms with Crippen LogP contribution in [-0.2, 0) is 16.6 Å². The van der Waals surface area contributed by atoms with Gasteiger partial charge in [-0.2, -0.15) is 4.31 Å². The number of hydrogen-bond donors (Lipinski definition) is 1. The van der Waals surface area contributed by atoms with Gasteiger partial charge < -0.3 is 5.73 Å². The molecule has 0 aromatic heterocycles. The maximum atomic E-state index is 13.0. The molecule has 0 spiro atoms. The molecule has 0 amide bonds. The molecular formula is C11H14F2N2O2S. The molecule has 0 unspecified atom stereocenters. The average molecular weight is 276 g/mol. The van der Waals surface area contributed by atoms with Gasteiger partial charge in [0, 0.05) is 19.5 Å². The Morgan fingerprint density at radius 3 is 2.33 bits per heavy atom. The van der Waals surface area contributed by atoms with Crippen LogP contribution in [0.4, 0.5) is 8.78 Å². The highest BCUT2D eigenvalue weighted by Gasteiger charge is 2.43. The first-order chi connectivity index (χ1) is 8.35. The van der Waals surface area contributed by atoms with Gasteiger partial charge in [-0.3, -0.25) is 0 Å². The molecule has 0 radical (unpaired) electrons. The highest BCUT2D eigenvalue weighted by atomic mass is 32.2. The molecule has 0 saturated carbocycles. The third kappa shape index (κ3) is 2.52. The van der Waals surface area contributed by atoms with Gasteiger partial charge in [-0.1, -0.05) is 12.1 Å². The molecule has 1 aliphatic rings. The zero-order valence-corrected chi connectivity index (χ0v) is 10.5. The fourth-order valence-corrected chi connectivity index (χ4v) is 3.32. The third-order valence-corrected chi connectivity index (χ3v) is 4.79. The zero-order chi connectivity index (χ0) is 13.4. The Labute approximate surface area is 104 Å². The minimum absolute atomic E-state index is 0.0254. The number of hydrogen-bond acceptors (Lipinski definition) is 3. The Kier molecular flexibility index (Phi) is 3.39. The van der Waals surface area contributed by atoms with Crippen LogP contribution in [0.1, 0.15) is 12.0 Å². The molecule has 0 atom stereocenters. The van der Waals surface area contributed by atoms with E-state index in [2.05, 4.69) is 0 Å². The molecule has 7 heteroatoms. The topological polar surface area (TPSA) is 63.4 Å². The average Bonchev–Trinajstić information content (AvgIpc) is 2.70. The standard InChI is InChI=1S/C11H14F2N2O2S/c12-11(13)5-6-15(8-11)18(16,17)10-3-1-9(7-14)2-4-10/h1-4H,5-8,14H2. The SMILES string of the molecule is NCc1ccc(S(=O)(=O)N2CCC(F)(F)C2)cc1. The van der Waals surface area contributed by atoms with Crippen LogP contribution in [-0.4, -0.2) is 31.7 Å². The Hall–Kier alpha value is -1.05. The first-order valence-electron chi connectivity index (χ1n) is 5.52. The van der Waals surface area contributed by atoms with Crippen molar-refractivity contribution in [2.75, 3.05) is 13.1 Å². The van der Waals surface area contributed by atoms with Gasteiger partial charge in [-0.15, -0.1) is 0 Å². The van der Waals surface area contributed by atoms with Gasteiger partial charge in [-0.25, -0.2) is 17.2 Å². The summed E-state index contributed by atoms with van der Waals surface area (Å²) in [6.45, 7) is -0.579. The van der Waals surface area contributed by atoms with E-state index in [1.807, 2.05) is 0 Å². The third-order valence-electron chi connectivity index (χ3n) is 2.93. The first kappa shape index (κ1) is 13.4. The molecule has 2 rings (SSSR count). The van der Waals surface area contributed by atoms with Crippen LogP contribution in [0.5, 0.6) is 0 Å². The van der Waals surface area contributed by atoms with E-state index < -0.39 is 28.9 Å². The zero-order valence-electron chi connectivity index (χ0n) is 9.64. The van der Waals surface area contributed by atoms with Crippen LogP contribution in [0.3, 0.4) is 0 Å². The van der Waals surface area contributed by atoms with E-state index in [0.29, 0.717) is 6.54 Å². The van der Waals surface area contributed by atoms with Crippen molar-refractivity contribution in [1.82, 2.24) is 4.31 Å². The lowest BCUT2D eigenvalue weighted by Gasteiger charge is -2.16. The van der Waals surface area contributed by atoms with Crippen molar-refractivity contribution in [3.05, 3.63) is 29.8 Å². The summed E-state index contributed by atoms with van der Waals surface area (Å²) < 4.78 is 51.1. The van der Waals surface area contributed by atoms with Crippen molar-refractivity contribution >= 4 is 10.0 Å². The van der Waals surface area contributed by atoms with Crippen LogP contribution in [0.15, 0.2) is 29.2 Å². The molecule has 0 aliphatic carbocycles. The normalized spacial score (nSPS) is 20.2. The van der Waals surface area contributed by atoms with Crippen molar-refractivity contribution in [2.45, 2.75) is 23.8 Å². The van der Waals surface area contributed by atoms with Crippen LogP contribution in [0, 0.1) is 0 Å². The molecule has 2 N–H and O–H groups in total. The van der Waals surface area contributed by atoms with Gasteiger partial charge in [-0.05, 0) is 17.7 Å². The summed E-state index contributed by atoms with van der Waals surface area (Å²) in [4.78, 5) is 0.0254. The van der Waals surface area contributed by atoms with E-state index >= 15 is 0 Å². The van der Waals surface area contributed by atoms with Gasteiger partial charge in [0.1, 0.15) is 0 Å². The Balaban J connectivity index is 2.25. The maximum absolute atomic E-state index is 13.0. The molecule has 1 aromatic rings. The number of sulfonamides is 1. The van der Waals surface area contributed by atoms with Gasteiger partial charge in [0.2, 0.25) is 10.0 Å². The number of nitrogens with two attached hydrogens (primary N) is 1. The van der Waals surface area contributed by atoms with Crippen molar-refractivity contribution in [1.29, 1.82) is 0 Å². The predicted molar refractivity (Wildman–Crippen MR) is 62.7 cm³/mol. The summed E-state index contributed by atoms with van der Waals surface area (Å²) in [6, 6.07) is 5.96. The number of nitrogens with zero attached hydrogens (tertiary/aromatic N) is 1. The monoisotopic (exact) mass is 276 g/mol. The minimum Gasteiger partial charge on any atom is -0.326 e. The van der Waals surface area contributed by atoms with E-state index in [-0.39, 0.29) is 11.4 Å². The van der Waals surface area contributed by atoms with E-state index in [9.17, 15) is 17.2 Å². The highest BCUT2D eigenvalue weighted by Crippen LogP contribution is 2.31. The van der Waals surface area contributed by atoms with E-state index in [1.165, 1.54) is 12.1 Å². The van der Waals surface area contributed by atoms with Gasteiger partial charge in [0.15, 0.2) is 0 Å². The number of alkyl halides is 2. The van der Waals surface area contributed by atoms with Crippen LogP contribution < -0.4 is 5.73 Å². The molecule has 1 fully saturated rings. The number of rotatable bonds is 3. The lowest BCUT2D eigenvalue weighted by atomic mass is 10.2. The maximum Gasteiger partial charge on any atom is 0.262 e. The van der Waals surface area contributed by atoms with Crippen LogP contribution >= 0.6 is 0 Å². The highest BCUT2D eigenvalue weighted by molar-refractivity contribution is 7.89. The fraction of sp³-hybridized carbons (Fsp3) is 0.455. The quantitative estimate of drug-likeness (QED) is 0.901. The summed E-state index contributed by atoms with van der Waals surface area (Å²) in [7, 11) is -3.82.